The highest BCUT2D eigenvalue weighted by molar-refractivity contribution is 5.80. The predicted molar refractivity (Wildman–Crippen MR) is 87.1 cm³/mol. The number of aromatic nitrogens is 1. The molecule has 0 radical (unpaired) electrons. The first-order valence-electron chi connectivity index (χ1n) is 7.47. The summed E-state index contributed by atoms with van der Waals surface area (Å²) in [6.45, 7) is 9.52. The lowest BCUT2D eigenvalue weighted by Crippen LogP contribution is -2.20. The van der Waals surface area contributed by atoms with Crippen LogP contribution >= 0.6 is 0 Å². The van der Waals surface area contributed by atoms with Gasteiger partial charge in [0, 0.05) is 6.20 Å². The van der Waals surface area contributed by atoms with Crippen LogP contribution in [0.3, 0.4) is 0 Å². The first-order chi connectivity index (χ1) is 10.1. The van der Waals surface area contributed by atoms with E-state index in [1.807, 2.05) is 18.3 Å². The summed E-state index contributed by atoms with van der Waals surface area (Å²) in [7, 11) is 0. The number of pyridine rings is 1. The van der Waals surface area contributed by atoms with Crippen LogP contribution in [0.5, 0.6) is 0 Å². The minimum atomic E-state index is 0.876. The smallest absolute Gasteiger partial charge is 0.239 e. The topological polar surface area (TPSA) is 19.1 Å². The van der Waals surface area contributed by atoms with Gasteiger partial charge in [-0.25, -0.2) is 4.90 Å². The molecule has 0 amide bonds. The van der Waals surface area contributed by atoms with Gasteiger partial charge >= 0.3 is 0 Å². The monoisotopic (exact) mass is 280 g/mol. The molecule has 0 unspecified atom stereocenters. The Kier molecular flexibility index (Phi) is 3.74. The highest BCUT2D eigenvalue weighted by atomic mass is 15.3. The molecule has 3 rings (SSSR count). The molecule has 0 spiro atoms. The molecule has 2 heterocycles. The van der Waals surface area contributed by atoms with Gasteiger partial charge in [0.1, 0.15) is 25.3 Å². The summed E-state index contributed by atoms with van der Waals surface area (Å²) in [5.74, 6) is 0. The van der Waals surface area contributed by atoms with Crippen molar-refractivity contribution >= 4 is 12.0 Å². The molecule has 1 aromatic carbocycles. The normalized spacial score (nSPS) is 14.4. The van der Waals surface area contributed by atoms with Crippen molar-refractivity contribution in [3.8, 4) is 0 Å². The summed E-state index contributed by atoms with van der Waals surface area (Å²) in [6.07, 6.45) is 4.09. The van der Waals surface area contributed by atoms with Crippen molar-refractivity contribution in [2.24, 2.45) is 0 Å². The second kappa shape index (κ2) is 5.68. The van der Waals surface area contributed by atoms with Gasteiger partial charge in [0.2, 0.25) is 6.34 Å². The Hall–Kier alpha value is -2.16. The second-order valence-electron chi connectivity index (χ2n) is 5.85. The van der Waals surface area contributed by atoms with Gasteiger partial charge in [-0.15, -0.1) is 0 Å². The Morgan fingerprint density at radius 3 is 2.57 bits per heavy atom. The SMILES string of the molecule is Cc1cc(C)c(N2C=[N+](Cc3ccccn3)CC2)c(C)c1. The van der Waals surface area contributed by atoms with Crippen molar-refractivity contribution < 1.29 is 4.58 Å². The number of rotatable bonds is 3. The zero-order valence-corrected chi connectivity index (χ0v) is 13.0. The van der Waals surface area contributed by atoms with Crippen molar-refractivity contribution in [3.63, 3.8) is 0 Å². The Morgan fingerprint density at radius 2 is 1.90 bits per heavy atom. The molecule has 0 bridgehead atoms. The molecule has 0 atom stereocenters. The summed E-state index contributed by atoms with van der Waals surface area (Å²) in [5.41, 5.74) is 6.50. The van der Waals surface area contributed by atoms with Crippen molar-refractivity contribution in [2.75, 3.05) is 18.0 Å². The maximum atomic E-state index is 4.41. The van der Waals surface area contributed by atoms with Crippen LogP contribution in [0.1, 0.15) is 22.4 Å². The van der Waals surface area contributed by atoms with E-state index in [1.165, 1.54) is 22.4 Å². The van der Waals surface area contributed by atoms with E-state index in [0.717, 1.165) is 25.3 Å². The highest BCUT2D eigenvalue weighted by Gasteiger charge is 2.24. The zero-order chi connectivity index (χ0) is 14.8. The fourth-order valence-corrected chi connectivity index (χ4v) is 3.16. The van der Waals surface area contributed by atoms with Gasteiger partial charge in [-0.2, -0.15) is 0 Å². The van der Waals surface area contributed by atoms with E-state index in [-0.39, 0.29) is 0 Å². The molecule has 1 aliphatic heterocycles. The van der Waals surface area contributed by atoms with E-state index in [0.29, 0.717) is 0 Å². The highest BCUT2D eigenvalue weighted by Crippen LogP contribution is 2.26. The van der Waals surface area contributed by atoms with Crippen LogP contribution in [0.25, 0.3) is 0 Å². The summed E-state index contributed by atoms with van der Waals surface area (Å²) >= 11 is 0. The van der Waals surface area contributed by atoms with E-state index in [4.69, 9.17) is 0 Å². The maximum absolute atomic E-state index is 4.41. The van der Waals surface area contributed by atoms with E-state index in [1.54, 1.807) is 0 Å². The van der Waals surface area contributed by atoms with Gasteiger partial charge in [0.05, 0.1) is 5.69 Å². The lowest BCUT2D eigenvalue weighted by molar-refractivity contribution is -0.530. The summed E-state index contributed by atoms with van der Waals surface area (Å²) < 4.78 is 2.33. The van der Waals surface area contributed by atoms with Crippen molar-refractivity contribution in [1.29, 1.82) is 0 Å². The van der Waals surface area contributed by atoms with Gasteiger partial charge in [0.25, 0.3) is 0 Å². The summed E-state index contributed by atoms with van der Waals surface area (Å²) in [4.78, 5) is 6.77. The summed E-state index contributed by atoms with van der Waals surface area (Å²) in [5, 5.41) is 0. The van der Waals surface area contributed by atoms with Crippen molar-refractivity contribution in [3.05, 3.63) is 58.9 Å². The Morgan fingerprint density at radius 1 is 1.14 bits per heavy atom. The van der Waals surface area contributed by atoms with E-state index >= 15 is 0 Å². The van der Waals surface area contributed by atoms with Gasteiger partial charge in [-0.05, 0) is 44.0 Å². The predicted octanol–water partition coefficient (Wildman–Crippen LogP) is 3.07. The van der Waals surface area contributed by atoms with Crippen LogP contribution in [0, 0.1) is 20.8 Å². The third kappa shape index (κ3) is 2.97. The van der Waals surface area contributed by atoms with Gasteiger partial charge in [-0.3, -0.25) is 9.56 Å². The minimum absolute atomic E-state index is 0.876. The Labute approximate surface area is 126 Å². The second-order valence-corrected chi connectivity index (χ2v) is 5.85. The molecule has 2 aromatic rings. The zero-order valence-electron chi connectivity index (χ0n) is 13.0. The lowest BCUT2D eigenvalue weighted by Gasteiger charge is -2.13. The number of nitrogens with zero attached hydrogens (tertiary/aromatic N) is 3. The number of hydrogen-bond acceptors (Lipinski definition) is 2. The maximum Gasteiger partial charge on any atom is 0.239 e. The minimum Gasteiger partial charge on any atom is -0.258 e. The molecule has 21 heavy (non-hydrogen) atoms. The van der Waals surface area contributed by atoms with Crippen LogP contribution < -0.4 is 4.90 Å². The number of aryl methyl sites for hydroxylation is 3. The molecule has 3 heteroatoms. The van der Waals surface area contributed by atoms with E-state index in [9.17, 15) is 0 Å². The lowest BCUT2D eigenvalue weighted by atomic mass is 10.0. The average molecular weight is 280 g/mol. The Balaban J connectivity index is 1.83. The quantitative estimate of drug-likeness (QED) is 0.805. The first kappa shape index (κ1) is 13.8. The van der Waals surface area contributed by atoms with Crippen LogP contribution in [-0.4, -0.2) is 29.0 Å². The molecule has 0 aliphatic carbocycles. The van der Waals surface area contributed by atoms with Crippen LogP contribution in [0.2, 0.25) is 0 Å². The molecule has 0 saturated carbocycles. The fraction of sp³-hybridized carbons (Fsp3) is 0.333. The van der Waals surface area contributed by atoms with Crippen molar-refractivity contribution in [1.82, 2.24) is 4.98 Å². The van der Waals surface area contributed by atoms with Crippen LogP contribution in [-0.2, 0) is 6.54 Å². The molecule has 1 aromatic heterocycles. The average Bonchev–Trinajstić information content (AvgIpc) is 2.87. The molecule has 3 nitrogen and oxygen atoms in total. The van der Waals surface area contributed by atoms with Crippen LogP contribution in [0.4, 0.5) is 5.69 Å². The van der Waals surface area contributed by atoms with E-state index < -0.39 is 0 Å². The first-order valence-corrected chi connectivity index (χ1v) is 7.47. The Bertz CT molecular complexity index is 651. The number of hydrogen-bond donors (Lipinski definition) is 0. The molecular formula is C18H22N3+. The third-order valence-corrected chi connectivity index (χ3v) is 3.94. The standard InChI is InChI=1S/C18H22N3/c1-14-10-15(2)18(16(3)11-14)21-9-8-20(13-21)12-17-6-4-5-7-19-17/h4-7,10-11,13H,8-9,12H2,1-3H3/q+1. The van der Waals surface area contributed by atoms with Crippen molar-refractivity contribution in [2.45, 2.75) is 27.3 Å². The molecule has 1 aliphatic rings. The van der Waals surface area contributed by atoms with Gasteiger partial charge in [-0.1, -0.05) is 23.8 Å². The van der Waals surface area contributed by atoms with E-state index in [2.05, 4.69) is 59.8 Å². The molecule has 108 valence electrons. The molecule has 0 fully saturated rings. The van der Waals surface area contributed by atoms with Crippen LogP contribution in [0.15, 0.2) is 36.5 Å². The molecule has 0 N–H and O–H groups in total. The number of benzene rings is 1. The number of anilines is 1. The van der Waals surface area contributed by atoms with Gasteiger partial charge in [0.15, 0.2) is 0 Å². The molecule has 0 saturated heterocycles. The summed E-state index contributed by atoms with van der Waals surface area (Å²) in [6, 6.07) is 10.6. The van der Waals surface area contributed by atoms with Gasteiger partial charge < -0.3 is 0 Å². The fourth-order valence-electron chi connectivity index (χ4n) is 3.16. The third-order valence-electron chi connectivity index (χ3n) is 3.94. The largest absolute Gasteiger partial charge is 0.258 e. The molecular weight excluding hydrogens is 258 g/mol.